The Hall–Kier alpha value is -3.21. The zero-order valence-corrected chi connectivity index (χ0v) is 16.2. The van der Waals surface area contributed by atoms with Crippen molar-refractivity contribution in [3.05, 3.63) is 29.8 Å². The maximum absolute atomic E-state index is 12.4. The summed E-state index contributed by atoms with van der Waals surface area (Å²) in [6.07, 6.45) is 2.12. The second-order valence-electron chi connectivity index (χ2n) is 7.39. The highest BCUT2D eigenvalue weighted by molar-refractivity contribution is 6.05. The predicted octanol–water partition coefficient (Wildman–Crippen LogP) is 1.99. The van der Waals surface area contributed by atoms with Crippen LogP contribution >= 0.6 is 0 Å². The van der Waals surface area contributed by atoms with Gasteiger partial charge in [-0.25, -0.2) is 0 Å². The molecule has 0 unspecified atom stereocenters. The maximum atomic E-state index is 12.4. The Kier molecular flexibility index (Phi) is 6.27. The quantitative estimate of drug-likeness (QED) is 0.580. The summed E-state index contributed by atoms with van der Waals surface area (Å²) in [7, 11) is 0. The normalized spacial score (nSPS) is 21.9. The van der Waals surface area contributed by atoms with Gasteiger partial charge >= 0.3 is 5.97 Å². The van der Waals surface area contributed by atoms with E-state index in [1.54, 1.807) is 18.2 Å². The number of nitrogens with one attached hydrogen (secondary N) is 1. The third kappa shape index (κ3) is 4.62. The zero-order valence-electron chi connectivity index (χ0n) is 16.2. The summed E-state index contributed by atoms with van der Waals surface area (Å²) in [6, 6.07) is 8.35. The first-order valence-corrected chi connectivity index (χ1v) is 9.76. The molecule has 3 rings (SSSR count). The van der Waals surface area contributed by atoms with E-state index >= 15 is 0 Å². The number of nitrogens with zero attached hydrogens (tertiary/aromatic N) is 2. The lowest BCUT2D eigenvalue weighted by Gasteiger charge is -2.19. The molecule has 0 radical (unpaired) electrons. The molecule has 0 spiro atoms. The Morgan fingerprint density at radius 1 is 1.24 bits per heavy atom. The molecule has 3 amide bonds. The highest BCUT2D eigenvalue weighted by Crippen LogP contribution is 2.37. The van der Waals surface area contributed by atoms with Crippen LogP contribution in [0.3, 0.4) is 0 Å². The van der Waals surface area contributed by atoms with E-state index in [0.717, 1.165) is 25.7 Å². The Morgan fingerprint density at radius 3 is 2.52 bits per heavy atom. The second kappa shape index (κ2) is 8.86. The third-order valence-corrected chi connectivity index (χ3v) is 5.41. The number of carbonyl (C=O) groups excluding carboxylic acids is 4. The summed E-state index contributed by atoms with van der Waals surface area (Å²) in [5, 5.41) is 11.5. The van der Waals surface area contributed by atoms with E-state index in [0.29, 0.717) is 11.3 Å². The Bertz CT molecular complexity index is 851. The van der Waals surface area contributed by atoms with Crippen molar-refractivity contribution in [3.8, 4) is 6.07 Å². The molecule has 2 aliphatic rings. The molecule has 1 aliphatic carbocycles. The molecule has 8 heteroatoms. The van der Waals surface area contributed by atoms with Crippen LogP contribution in [0.1, 0.15) is 44.6 Å². The SMILES string of the molecule is C[C@H](OC(=O)CCN1C(=O)[C@H]2CCCC[C@H]2C1=O)C(=O)Nc1cccc(C#N)c1. The number of benzene rings is 1. The van der Waals surface area contributed by atoms with E-state index in [9.17, 15) is 19.2 Å². The van der Waals surface area contributed by atoms with E-state index < -0.39 is 18.0 Å². The molecule has 1 saturated heterocycles. The summed E-state index contributed by atoms with van der Waals surface area (Å²) in [4.78, 5) is 50.3. The fourth-order valence-corrected chi connectivity index (χ4v) is 3.87. The highest BCUT2D eigenvalue weighted by atomic mass is 16.5. The molecule has 8 nitrogen and oxygen atoms in total. The zero-order chi connectivity index (χ0) is 21.0. The molecule has 1 N–H and O–H groups in total. The molecule has 0 bridgehead atoms. The molecule has 152 valence electrons. The second-order valence-corrected chi connectivity index (χ2v) is 7.39. The Labute approximate surface area is 168 Å². The molecular formula is C21H23N3O5. The molecule has 0 aromatic heterocycles. The van der Waals surface area contributed by atoms with Crippen molar-refractivity contribution in [1.82, 2.24) is 4.90 Å². The van der Waals surface area contributed by atoms with Crippen molar-refractivity contribution in [2.75, 3.05) is 11.9 Å². The minimum absolute atomic E-state index is 0.0257. The van der Waals surface area contributed by atoms with Crippen molar-refractivity contribution in [2.45, 2.75) is 45.1 Å². The van der Waals surface area contributed by atoms with Crippen molar-refractivity contribution >= 4 is 29.4 Å². The van der Waals surface area contributed by atoms with Gasteiger partial charge in [0.15, 0.2) is 6.10 Å². The van der Waals surface area contributed by atoms with Crippen LogP contribution in [0.2, 0.25) is 0 Å². The summed E-state index contributed by atoms with van der Waals surface area (Å²) in [6.45, 7) is 1.41. The average Bonchev–Trinajstić information content (AvgIpc) is 2.97. The van der Waals surface area contributed by atoms with Gasteiger partial charge in [-0.1, -0.05) is 18.9 Å². The first-order valence-electron chi connectivity index (χ1n) is 9.76. The number of amides is 3. The molecule has 29 heavy (non-hydrogen) atoms. The maximum Gasteiger partial charge on any atom is 0.308 e. The lowest BCUT2D eigenvalue weighted by molar-refractivity contribution is -0.154. The van der Waals surface area contributed by atoms with Crippen LogP contribution in [-0.2, 0) is 23.9 Å². The van der Waals surface area contributed by atoms with Crippen LogP contribution in [0.5, 0.6) is 0 Å². The van der Waals surface area contributed by atoms with Gasteiger partial charge in [0.25, 0.3) is 5.91 Å². The van der Waals surface area contributed by atoms with Crippen molar-refractivity contribution in [1.29, 1.82) is 5.26 Å². The number of hydrogen-bond acceptors (Lipinski definition) is 6. The summed E-state index contributed by atoms with van der Waals surface area (Å²) in [5.41, 5.74) is 0.820. The van der Waals surface area contributed by atoms with E-state index in [1.807, 2.05) is 6.07 Å². The monoisotopic (exact) mass is 397 g/mol. The fraction of sp³-hybridized carbons (Fsp3) is 0.476. The number of likely N-dealkylation sites (tertiary alicyclic amines) is 1. The van der Waals surface area contributed by atoms with E-state index in [2.05, 4.69) is 5.32 Å². The van der Waals surface area contributed by atoms with Crippen molar-refractivity contribution in [2.24, 2.45) is 11.8 Å². The van der Waals surface area contributed by atoms with Crippen LogP contribution < -0.4 is 5.32 Å². The average molecular weight is 397 g/mol. The largest absolute Gasteiger partial charge is 0.452 e. The van der Waals surface area contributed by atoms with Gasteiger partial charge in [-0.05, 0) is 38.0 Å². The number of carbonyl (C=O) groups is 4. The molecule has 1 aliphatic heterocycles. The topological polar surface area (TPSA) is 117 Å². The molecule has 2 fully saturated rings. The van der Waals surface area contributed by atoms with E-state index in [4.69, 9.17) is 10.00 Å². The first kappa shape index (κ1) is 20.5. The van der Waals surface area contributed by atoms with Gasteiger partial charge in [-0.2, -0.15) is 5.26 Å². The van der Waals surface area contributed by atoms with Crippen LogP contribution in [0.15, 0.2) is 24.3 Å². The van der Waals surface area contributed by atoms with Gasteiger partial charge in [0, 0.05) is 12.2 Å². The van der Waals surface area contributed by atoms with E-state index in [-0.39, 0.29) is 36.6 Å². The molecule has 1 saturated carbocycles. The van der Waals surface area contributed by atoms with Gasteiger partial charge < -0.3 is 10.1 Å². The van der Waals surface area contributed by atoms with Gasteiger partial charge in [0.05, 0.1) is 29.9 Å². The number of hydrogen-bond donors (Lipinski definition) is 1. The molecule has 1 heterocycles. The number of anilines is 1. The van der Waals surface area contributed by atoms with E-state index in [1.165, 1.54) is 17.9 Å². The van der Waals surface area contributed by atoms with Crippen molar-refractivity contribution < 1.29 is 23.9 Å². The van der Waals surface area contributed by atoms with Crippen LogP contribution in [-0.4, -0.2) is 41.2 Å². The van der Waals surface area contributed by atoms with Crippen LogP contribution in [0.25, 0.3) is 0 Å². The summed E-state index contributed by atoms with van der Waals surface area (Å²) >= 11 is 0. The number of imide groups is 1. The summed E-state index contributed by atoms with van der Waals surface area (Å²) < 4.78 is 5.12. The highest BCUT2D eigenvalue weighted by Gasteiger charge is 2.47. The third-order valence-electron chi connectivity index (χ3n) is 5.41. The molecule has 3 atom stereocenters. The lowest BCUT2D eigenvalue weighted by atomic mass is 9.81. The summed E-state index contributed by atoms with van der Waals surface area (Å²) in [5.74, 6) is -2.09. The van der Waals surface area contributed by atoms with Gasteiger partial charge in [0.1, 0.15) is 0 Å². The van der Waals surface area contributed by atoms with Crippen LogP contribution in [0.4, 0.5) is 5.69 Å². The number of fused-ring (bicyclic) bond motifs is 1. The first-order chi connectivity index (χ1) is 13.9. The number of nitriles is 1. The van der Waals surface area contributed by atoms with Gasteiger partial charge in [0.2, 0.25) is 11.8 Å². The Morgan fingerprint density at radius 2 is 1.90 bits per heavy atom. The van der Waals surface area contributed by atoms with Crippen LogP contribution in [0, 0.1) is 23.2 Å². The van der Waals surface area contributed by atoms with Crippen molar-refractivity contribution in [3.63, 3.8) is 0 Å². The number of ether oxygens (including phenoxy) is 1. The predicted molar refractivity (Wildman–Crippen MR) is 102 cm³/mol. The number of rotatable bonds is 6. The standard InChI is InChI=1S/C21H23N3O5/c1-13(19(26)23-15-6-4-5-14(11-15)12-22)29-18(25)9-10-24-20(27)16-7-2-3-8-17(16)21(24)28/h4-6,11,13,16-17H,2-3,7-10H2,1H3,(H,23,26)/t13-,16-,17+/m0/s1. The molecule has 1 aromatic rings. The molecule has 1 aromatic carbocycles. The Balaban J connectivity index is 1.48. The number of esters is 1. The fourth-order valence-electron chi connectivity index (χ4n) is 3.87. The molecular weight excluding hydrogens is 374 g/mol. The van der Waals surface area contributed by atoms with Gasteiger partial charge in [-0.3, -0.25) is 24.1 Å². The smallest absolute Gasteiger partial charge is 0.308 e. The minimum Gasteiger partial charge on any atom is -0.452 e. The lowest BCUT2D eigenvalue weighted by Crippen LogP contribution is -2.35. The van der Waals surface area contributed by atoms with Gasteiger partial charge in [-0.15, -0.1) is 0 Å². The minimum atomic E-state index is -1.05.